The molecule has 30 heavy (non-hydrogen) atoms. The number of carbonyl (C=O) groups excluding carboxylic acids is 4. The Kier molecular flexibility index (Phi) is 6.75. The van der Waals surface area contributed by atoms with Gasteiger partial charge < -0.3 is 10.6 Å². The van der Waals surface area contributed by atoms with Crippen molar-refractivity contribution in [3.8, 4) is 0 Å². The summed E-state index contributed by atoms with van der Waals surface area (Å²) in [6.45, 7) is 3.77. The molecule has 0 fully saturated rings. The zero-order valence-electron chi connectivity index (χ0n) is 16.3. The van der Waals surface area contributed by atoms with Gasteiger partial charge in [0.2, 0.25) is 11.8 Å². The van der Waals surface area contributed by atoms with E-state index in [1.54, 1.807) is 24.3 Å². The van der Waals surface area contributed by atoms with Crippen LogP contribution in [0.3, 0.4) is 0 Å². The summed E-state index contributed by atoms with van der Waals surface area (Å²) in [6, 6.07) is 15.5. The number of anilines is 1. The summed E-state index contributed by atoms with van der Waals surface area (Å²) in [7, 11) is 0. The summed E-state index contributed by atoms with van der Waals surface area (Å²) in [5, 5.41) is 5.51. The Labute approximate surface area is 174 Å². The van der Waals surface area contributed by atoms with E-state index in [9.17, 15) is 19.2 Å². The van der Waals surface area contributed by atoms with E-state index in [0.29, 0.717) is 12.1 Å². The van der Waals surface area contributed by atoms with Gasteiger partial charge in [0.15, 0.2) is 0 Å². The standard InChI is InChI=1S/C23H22N3O4/c1-16-7-9-18(10-8-16)24-23(30)19(15-17-5-3-2-4-6-17)25-20(27)13-14-26-21(28)11-12-22(26)29/h2-12,19H,1,13-15H2,(H,24,30)(H,25,27)/t19-/m0/s1. The lowest BCUT2D eigenvalue weighted by molar-refractivity contribution is -0.137. The molecular weight excluding hydrogens is 382 g/mol. The Hall–Kier alpha value is -3.74. The second-order valence-corrected chi connectivity index (χ2v) is 6.91. The van der Waals surface area contributed by atoms with E-state index in [4.69, 9.17) is 0 Å². The van der Waals surface area contributed by atoms with Crippen LogP contribution in [0.5, 0.6) is 0 Å². The first-order valence-corrected chi connectivity index (χ1v) is 9.52. The maximum atomic E-state index is 12.8. The van der Waals surface area contributed by atoms with Gasteiger partial charge >= 0.3 is 0 Å². The molecule has 153 valence electrons. The molecule has 1 heterocycles. The van der Waals surface area contributed by atoms with Crippen LogP contribution in [-0.4, -0.2) is 41.1 Å². The molecule has 2 aromatic carbocycles. The molecule has 1 radical (unpaired) electrons. The van der Waals surface area contributed by atoms with Gasteiger partial charge in [0.25, 0.3) is 11.8 Å². The highest BCUT2D eigenvalue weighted by Gasteiger charge is 2.25. The molecule has 0 unspecified atom stereocenters. The lowest BCUT2D eigenvalue weighted by Crippen LogP contribution is -2.46. The highest BCUT2D eigenvalue weighted by molar-refractivity contribution is 6.13. The number of nitrogens with zero attached hydrogens (tertiary/aromatic N) is 1. The Morgan fingerprint density at radius 2 is 1.57 bits per heavy atom. The van der Waals surface area contributed by atoms with Crippen molar-refractivity contribution in [2.24, 2.45) is 0 Å². The van der Waals surface area contributed by atoms with Crippen LogP contribution in [0.2, 0.25) is 0 Å². The van der Waals surface area contributed by atoms with E-state index < -0.39 is 23.8 Å². The topological polar surface area (TPSA) is 95.6 Å². The van der Waals surface area contributed by atoms with Gasteiger partial charge in [-0.25, -0.2) is 0 Å². The second-order valence-electron chi connectivity index (χ2n) is 6.91. The van der Waals surface area contributed by atoms with Crippen LogP contribution in [-0.2, 0) is 25.6 Å². The third-order valence-corrected chi connectivity index (χ3v) is 4.62. The molecule has 3 rings (SSSR count). The van der Waals surface area contributed by atoms with Gasteiger partial charge in [-0.3, -0.25) is 24.1 Å². The van der Waals surface area contributed by atoms with Crippen LogP contribution < -0.4 is 10.6 Å². The largest absolute Gasteiger partial charge is 0.344 e. The van der Waals surface area contributed by atoms with Gasteiger partial charge in [-0.1, -0.05) is 42.5 Å². The maximum absolute atomic E-state index is 12.8. The quantitative estimate of drug-likeness (QED) is 0.657. The highest BCUT2D eigenvalue weighted by atomic mass is 16.2. The Morgan fingerprint density at radius 1 is 0.933 bits per heavy atom. The van der Waals surface area contributed by atoms with Crippen molar-refractivity contribution in [1.82, 2.24) is 10.2 Å². The minimum Gasteiger partial charge on any atom is -0.344 e. The third kappa shape index (κ3) is 5.64. The fourth-order valence-corrected chi connectivity index (χ4v) is 3.01. The summed E-state index contributed by atoms with van der Waals surface area (Å²) >= 11 is 0. The van der Waals surface area contributed by atoms with Crippen molar-refractivity contribution in [3.63, 3.8) is 0 Å². The number of benzene rings is 2. The van der Waals surface area contributed by atoms with Crippen molar-refractivity contribution in [2.45, 2.75) is 18.9 Å². The summed E-state index contributed by atoms with van der Waals surface area (Å²) in [6.07, 6.45) is 2.55. The Morgan fingerprint density at radius 3 is 2.20 bits per heavy atom. The molecule has 2 N–H and O–H groups in total. The van der Waals surface area contributed by atoms with Gasteiger partial charge in [-0.05, 0) is 30.2 Å². The van der Waals surface area contributed by atoms with Gasteiger partial charge in [0.05, 0.1) is 0 Å². The summed E-state index contributed by atoms with van der Waals surface area (Å²) in [4.78, 5) is 49.5. The minimum absolute atomic E-state index is 0.0405. The molecule has 0 saturated heterocycles. The molecule has 0 bridgehead atoms. The normalized spacial score (nSPS) is 14.0. The molecule has 7 heteroatoms. The summed E-state index contributed by atoms with van der Waals surface area (Å²) in [5.41, 5.74) is 2.31. The minimum atomic E-state index is -0.817. The number of rotatable bonds is 8. The van der Waals surface area contributed by atoms with Crippen LogP contribution in [0.1, 0.15) is 17.5 Å². The van der Waals surface area contributed by atoms with Crippen molar-refractivity contribution in [2.75, 3.05) is 11.9 Å². The predicted octanol–water partition coefficient (Wildman–Crippen LogP) is 1.85. The first kappa shape index (κ1) is 21.0. The average Bonchev–Trinajstić information content (AvgIpc) is 3.06. The summed E-state index contributed by atoms with van der Waals surface area (Å²) < 4.78 is 0. The molecular formula is C23H22N3O4. The third-order valence-electron chi connectivity index (χ3n) is 4.62. The first-order chi connectivity index (χ1) is 14.4. The van der Waals surface area contributed by atoms with E-state index >= 15 is 0 Å². The van der Waals surface area contributed by atoms with Crippen LogP contribution in [0.25, 0.3) is 0 Å². The fraction of sp³-hybridized carbons (Fsp3) is 0.174. The Bertz CT molecular complexity index is 950. The van der Waals surface area contributed by atoms with E-state index in [2.05, 4.69) is 17.6 Å². The Balaban J connectivity index is 1.64. The van der Waals surface area contributed by atoms with Gasteiger partial charge in [0.1, 0.15) is 6.04 Å². The van der Waals surface area contributed by atoms with Crippen molar-refractivity contribution in [3.05, 3.63) is 84.8 Å². The smallest absolute Gasteiger partial charge is 0.253 e. The van der Waals surface area contributed by atoms with Crippen molar-refractivity contribution < 1.29 is 19.2 Å². The molecule has 1 aliphatic heterocycles. The fourth-order valence-electron chi connectivity index (χ4n) is 3.01. The average molecular weight is 404 g/mol. The highest BCUT2D eigenvalue weighted by Crippen LogP contribution is 2.11. The van der Waals surface area contributed by atoms with Crippen LogP contribution in [0.4, 0.5) is 5.69 Å². The number of hydrogen-bond donors (Lipinski definition) is 2. The second kappa shape index (κ2) is 9.65. The van der Waals surface area contributed by atoms with E-state index in [0.717, 1.165) is 16.0 Å². The lowest BCUT2D eigenvalue weighted by atomic mass is 10.0. The molecule has 0 aliphatic carbocycles. The van der Waals surface area contributed by atoms with Crippen LogP contribution in [0, 0.1) is 6.92 Å². The SMILES string of the molecule is [CH2]c1ccc(NC(=O)[C@H](Cc2ccccc2)NC(=O)CCN2C(=O)C=CC2=O)cc1. The molecule has 1 atom stereocenters. The van der Waals surface area contributed by atoms with E-state index in [1.165, 1.54) is 12.2 Å². The summed E-state index contributed by atoms with van der Waals surface area (Å²) in [5.74, 6) is -1.67. The zero-order chi connectivity index (χ0) is 21.5. The van der Waals surface area contributed by atoms with Crippen LogP contribution in [0.15, 0.2) is 66.7 Å². The molecule has 0 spiro atoms. The maximum Gasteiger partial charge on any atom is 0.253 e. The first-order valence-electron chi connectivity index (χ1n) is 9.52. The molecule has 4 amide bonds. The van der Waals surface area contributed by atoms with Crippen LogP contribution >= 0.6 is 0 Å². The van der Waals surface area contributed by atoms with Crippen molar-refractivity contribution >= 4 is 29.3 Å². The molecule has 1 aliphatic rings. The van der Waals surface area contributed by atoms with Gasteiger partial charge in [-0.2, -0.15) is 0 Å². The van der Waals surface area contributed by atoms with Crippen molar-refractivity contribution in [1.29, 1.82) is 0 Å². The number of imide groups is 1. The number of amides is 4. The molecule has 2 aromatic rings. The molecule has 0 saturated carbocycles. The van der Waals surface area contributed by atoms with E-state index in [1.807, 2.05) is 30.3 Å². The van der Waals surface area contributed by atoms with Gasteiger partial charge in [-0.15, -0.1) is 0 Å². The molecule has 7 nitrogen and oxygen atoms in total. The zero-order valence-corrected chi connectivity index (χ0v) is 16.3. The number of hydrogen-bond acceptors (Lipinski definition) is 4. The monoisotopic (exact) mass is 404 g/mol. The number of carbonyl (C=O) groups is 4. The van der Waals surface area contributed by atoms with Gasteiger partial charge in [0, 0.05) is 37.2 Å². The lowest BCUT2D eigenvalue weighted by Gasteiger charge is -2.20. The predicted molar refractivity (Wildman–Crippen MR) is 112 cm³/mol. The number of nitrogens with one attached hydrogen (secondary N) is 2. The molecule has 0 aromatic heterocycles. The van der Waals surface area contributed by atoms with E-state index in [-0.39, 0.29) is 18.9 Å².